The zero-order valence-corrected chi connectivity index (χ0v) is 10.4. The Kier molecular flexibility index (Phi) is 4.24. The second kappa shape index (κ2) is 5.69. The molecule has 0 amide bonds. The minimum atomic E-state index is -0.0991. The molecule has 1 aliphatic heterocycles. The molecule has 88 valence electrons. The molecule has 3 heteroatoms. The summed E-state index contributed by atoms with van der Waals surface area (Å²) in [4.78, 5) is 0.765. The summed E-state index contributed by atoms with van der Waals surface area (Å²) in [5, 5.41) is 3.42. The fourth-order valence-corrected chi connectivity index (χ4v) is 2.79. The average molecular weight is 239 g/mol. The largest absolute Gasteiger partial charge is 0.316 e. The van der Waals surface area contributed by atoms with E-state index in [9.17, 15) is 4.39 Å². The van der Waals surface area contributed by atoms with E-state index in [-0.39, 0.29) is 5.82 Å². The van der Waals surface area contributed by atoms with Gasteiger partial charge in [-0.3, -0.25) is 0 Å². The van der Waals surface area contributed by atoms with Crippen LogP contribution in [0.1, 0.15) is 18.4 Å². The highest BCUT2D eigenvalue weighted by molar-refractivity contribution is 7.98. The standard InChI is InChI=1S/C13H18FNS/c1-16-13-8-10(4-5-12(13)14)7-11-3-2-6-15-9-11/h4-5,8,11,15H,2-3,6-7,9H2,1H3. The molecule has 1 aliphatic rings. The fourth-order valence-electron chi connectivity index (χ4n) is 2.26. The van der Waals surface area contributed by atoms with Crippen molar-refractivity contribution in [1.82, 2.24) is 5.32 Å². The van der Waals surface area contributed by atoms with Crippen LogP contribution in [0.2, 0.25) is 0 Å². The lowest BCUT2D eigenvalue weighted by Crippen LogP contribution is -2.30. The van der Waals surface area contributed by atoms with Crippen molar-refractivity contribution in [3.8, 4) is 0 Å². The minimum Gasteiger partial charge on any atom is -0.316 e. The highest BCUT2D eigenvalue weighted by Gasteiger charge is 2.14. The maximum absolute atomic E-state index is 13.3. The van der Waals surface area contributed by atoms with Gasteiger partial charge in [0.15, 0.2) is 0 Å². The van der Waals surface area contributed by atoms with Gasteiger partial charge in [-0.05, 0) is 62.2 Å². The molecule has 1 saturated heterocycles. The summed E-state index contributed by atoms with van der Waals surface area (Å²) in [5.74, 6) is 0.618. The van der Waals surface area contributed by atoms with Crippen molar-refractivity contribution >= 4 is 11.8 Å². The van der Waals surface area contributed by atoms with E-state index < -0.39 is 0 Å². The SMILES string of the molecule is CSc1cc(CC2CCCNC2)ccc1F. The zero-order chi connectivity index (χ0) is 11.4. The summed E-state index contributed by atoms with van der Waals surface area (Å²) in [5.41, 5.74) is 1.26. The number of hydrogen-bond acceptors (Lipinski definition) is 2. The van der Waals surface area contributed by atoms with E-state index in [1.165, 1.54) is 30.2 Å². The van der Waals surface area contributed by atoms with E-state index in [2.05, 4.69) is 5.32 Å². The van der Waals surface area contributed by atoms with Crippen LogP contribution in [0.5, 0.6) is 0 Å². The molecule has 0 saturated carbocycles. The van der Waals surface area contributed by atoms with Gasteiger partial charge in [0.1, 0.15) is 5.82 Å². The molecule has 1 heterocycles. The number of nitrogens with one attached hydrogen (secondary N) is 1. The van der Waals surface area contributed by atoms with Crippen molar-refractivity contribution in [2.45, 2.75) is 24.2 Å². The molecule has 1 aromatic rings. The zero-order valence-electron chi connectivity index (χ0n) is 9.63. The van der Waals surface area contributed by atoms with Crippen LogP contribution in [0.25, 0.3) is 0 Å². The number of halogens is 1. The lowest BCUT2D eigenvalue weighted by atomic mass is 9.92. The van der Waals surface area contributed by atoms with Crippen LogP contribution in [-0.2, 0) is 6.42 Å². The summed E-state index contributed by atoms with van der Waals surface area (Å²) in [6, 6.07) is 5.51. The maximum atomic E-state index is 13.3. The van der Waals surface area contributed by atoms with E-state index in [0.717, 1.165) is 24.4 Å². The number of rotatable bonds is 3. The van der Waals surface area contributed by atoms with Crippen molar-refractivity contribution in [2.75, 3.05) is 19.3 Å². The smallest absolute Gasteiger partial charge is 0.136 e. The molecule has 0 aromatic heterocycles. The van der Waals surface area contributed by atoms with Gasteiger partial charge in [0, 0.05) is 4.90 Å². The summed E-state index contributed by atoms with van der Waals surface area (Å²) < 4.78 is 13.3. The van der Waals surface area contributed by atoms with Crippen LogP contribution in [0, 0.1) is 11.7 Å². The van der Waals surface area contributed by atoms with E-state index in [1.807, 2.05) is 18.4 Å². The quantitative estimate of drug-likeness (QED) is 0.814. The molecule has 16 heavy (non-hydrogen) atoms. The first-order valence-electron chi connectivity index (χ1n) is 5.82. The van der Waals surface area contributed by atoms with Crippen molar-refractivity contribution in [3.63, 3.8) is 0 Å². The van der Waals surface area contributed by atoms with Gasteiger partial charge in [-0.2, -0.15) is 0 Å². The van der Waals surface area contributed by atoms with Gasteiger partial charge in [0.05, 0.1) is 0 Å². The van der Waals surface area contributed by atoms with Gasteiger partial charge in [0.2, 0.25) is 0 Å². The molecular formula is C13H18FNS. The normalized spacial score (nSPS) is 21.0. The molecule has 1 unspecified atom stereocenters. The summed E-state index contributed by atoms with van der Waals surface area (Å²) in [6.45, 7) is 2.25. The Balaban J connectivity index is 2.03. The highest BCUT2D eigenvalue weighted by Crippen LogP contribution is 2.23. The molecule has 1 fully saturated rings. The van der Waals surface area contributed by atoms with Gasteiger partial charge in [0.25, 0.3) is 0 Å². The first-order valence-corrected chi connectivity index (χ1v) is 7.05. The minimum absolute atomic E-state index is 0.0991. The first kappa shape index (κ1) is 11.9. The van der Waals surface area contributed by atoms with E-state index in [1.54, 1.807) is 6.07 Å². The molecule has 0 spiro atoms. The summed E-state index contributed by atoms with van der Waals surface area (Å²) >= 11 is 1.48. The number of piperidine rings is 1. The third kappa shape index (κ3) is 2.98. The fraction of sp³-hybridized carbons (Fsp3) is 0.538. The van der Waals surface area contributed by atoms with E-state index in [4.69, 9.17) is 0 Å². The van der Waals surface area contributed by atoms with Crippen molar-refractivity contribution in [3.05, 3.63) is 29.6 Å². The molecule has 0 aliphatic carbocycles. The van der Waals surface area contributed by atoms with Crippen LogP contribution in [0.4, 0.5) is 4.39 Å². The number of thioether (sulfide) groups is 1. The molecule has 0 bridgehead atoms. The average Bonchev–Trinajstić information content (AvgIpc) is 2.33. The second-order valence-corrected chi connectivity index (χ2v) is 5.23. The molecule has 1 nitrogen and oxygen atoms in total. The highest BCUT2D eigenvalue weighted by atomic mass is 32.2. The maximum Gasteiger partial charge on any atom is 0.136 e. The van der Waals surface area contributed by atoms with Gasteiger partial charge >= 0.3 is 0 Å². The van der Waals surface area contributed by atoms with Crippen LogP contribution in [0.15, 0.2) is 23.1 Å². The molecule has 0 radical (unpaired) electrons. The van der Waals surface area contributed by atoms with Gasteiger partial charge in [-0.15, -0.1) is 11.8 Å². The molecule has 2 rings (SSSR count). The van der Waals surface area contributed by atoms with E-state index in [0.29, 0.717) is 5.92 Å². The van der Waals surface area contributed by atoms with Gasteiger partial charge in [-0.1, -0.05) is 6.07 Å². The Bertz CT molecular complexity index is 348. The lowest BCUT2D eigenvalue weighted by molar-refractivity contribution is 0.376. The van der Waals surface area contributed by atoms with E-state index >= 15 is 0 Å². The monoisotopic (exact) mass is 239 g/mol. The Morgan fingerprint density at radius 1 is 1.50 bits per heavy atom. The molecular weight excluding hydrogens is 221 g/mol. The van der Waals surface area contributed by atoms with Crippen LogP contribution < -0.4 is 5.32 Å². The van der Waals surface area contributed by atoms with Crippen LogP contribution in [0.3, 0.4) is 0 Å². The Labute approximate surface area is 101 Å². The predicted molar refractivity (Wildman–Crippen MR) is 67.5 cm³/mol. The van der Waals surface area contributed by atoms with Crippen molar-refractivity contribution < 1.29 is 4.39 Å². The second-order valence-electron chi connectivity index (χ2n) is 4.39. The van der Waals surface area contributed by atoms with Gasteiger partial charge in [-0.25, -0.2) is 4.39 Å². The molecule has 1 N–H and O–H groups in total. The van der Waals surface area contributed by atoms with Crippen LogP contribution >= 0.6 is 11.8 Å². The third-order valence-corrected chi connectivity index (χ3v) is 3.89. The predicted octanol–water partition coefficient (Wildman–Crippen LogP) is 3.09. The lowest BCUT2D eigenvalue weighted by Gasteiger charge is -2.22. The number of benzene rings is 1. The number of hydrogen-bond donors (Lipinski definition) is 1. The topological polar surface area (TPSA) is 12.0 Å². The molecule has 1 aromatic carbocycles. The Morgan fingerprint density at radius 2 is 2.38 bits per heavy atom. The molecule has 1 atom stereocenters. The Morgan fingerprint density at radius 3 is 3.06 bits per heavy atom. The summed E-state index contributed by atoms with van der Waals surface area (Å²) in [7, 11) is 0. The van der Waals surface area contributed by atoms with Crippen molar-refractivity contribution in [2.24, 2.45) is 5.92 Å². The third-order valence-electron chi connectivity index (χ3n) is 3.14. The van der Waals surface area contributed by atoms with Gasteiger partial charge < -0.3 is 5.32 Å². The summed E-state index contributed by atoms with van der Waals surface area (Å²) in [6.07, 6.45) is 5.55. The van der Waals surface area contributed by atoms with Crippen LogP contribution in [-0.4, -0.2) is 19.3 Å². The van der Waals surface area contributed by atoms with Crippen molar-refractivity contribution in [1.29, 1.82) is 0 Å². The first-order chi connectivity index (χ1) is 7.79. The Hall–Kier alpha value is -0.540.